The molecule has 34 heavy (non-hydrogen) atoms. The summed E-state index contributed by atoms with van der Waals surface area (Å²) in [4.78, 5) is 26.2. The van der Waals surface area contributed by atoms with Crippen LogP contribution in [0.2, 0.25) is 0 Å². The first-order valence-corrected chi connectivity index (χ1v) is 13.0. The van der Waals surface area contributed by atoms with E-state index >= 15 is 0 Å². The third-order valence-electron chi connectivity index (χ3n) is 5.71. The van der Waals surface area contributed by atoms with Crippen molar-refractivity contribution in [2.75, 3.05) is 31.2 Å². The molecule has 0 unspecified atom stereocenters. The first-order valence-electron chi connectivity index (χ1n) is 11.5. The molecule has 2 aliphatic rings. The number of fused-ring (bicyclic) bond motifs is 1. The number of carbonyl (C=O) groups excluding carboxylic acids is 2. The van der Waals surface area contributed by atoms with Crippen molar-refractivity contribution in [2.24, 2.45) is 0 Å². The topological polar surface area (TPSA) is 114 Å². The maximum atomic E-state index is 12.6. The highest BCUT2D eigenvalue weighted by atomic mass is 32.2. The van der Waals surface area contributed by atoms with Gasteiger partial charge in [0.2, 0.25) is 21.8 Å². The Labute approximate surface area is 199 Å². The summed E-state index contributed by atoms with van der Waals surface area (Å²) in [7, 11) is -3.79. The first-order chi connectivity index (χ1) is 16.4. The Morgan fingerprint density at radius 1 is 1.00 bits per heavy atom. The van der Waals surface area contributed by atoms with Crippen molar-refractivity contribution in [1.29, 1.82) is 0 Å². The Morgan fingerprint density at radius 3 is 2.65 bits per heavy atom. The molecule has 0 spiro atoms. The molecule has 2 aromatic rings. The van der Waals surface area contributed by atoms with Crippen molar-refractivity contribution in [3.05, 3.63) is 48.0 Å². The Kier molecular flexibility index (Phi) is 7.69. The number of amides is 2. The van der Waals surface area contributed by atoms with Crippen molar-refractivity contribution >= 4 is 27.5 Å². The number of rotatable bonds is 8. The molecule has 2 heterocycles. The van der Waals surface area contributed by atoms with Gasteiger partial charge in [0.25, 0.3) is 0 Å². The van der Waals surface area contributed by atoms with Gasteiger partial charge in [0.05, 0.1) is 18.1 Å². The minimum absolute atomic E-state index is 0.00587. The van der Waals surface area contributed by atoms with Crippen LogP contribution in [0.1, 0.15) is 37.7 Å². The standard InChI is InChI=1S/C24H29N3O6S/c28-23(25-17-18-5-3-6-19(15-18)27-12-2-1-7-24(27)29)10-11-26-34(30,31)20-8-9-21-22(16-20)33-14-4-13-32-21/h3,5-6,8-9,15-16,26H,1-2,4,7,10-14,17H2,(H,25,28). The third-order valence-corrected chi connectivity index (χ3v) is 7.17. The lowest BCUT2D eigenvalue weighted by molar-refractivity contribution is -0.121. The highest BCUT2D eigenvalue weighted by Crippen LogP contribution is 2.31. The fourth-order valence-corrected chi connectivity index (χ4v) is 4.94. The van der Waals surface area contributed by atoms with Crippen molar-refractivity contribution in [3.63, 3.8) is 0 Å². The molecule has 0 bridgehead atoms. The highest BCUT2D eigenvalue weighted by Gasteiger charge is 2.20. The Bertz CT molecular complexity index is 1150. The summed E-state index contributed by atoms with van der Waals surface area (Å²) < 4.78 is 38.7. The largest absolute Gasteiger partial charge is 0.490 e. The van der Waals surface area contributed by atoms with Gasteiger partial charge in [0.1, 0.15) is 0 Å². The highest BCUT2D eigenvalue weighted by molar-refractivity contribution is 7.89. The summed E-state index contributed by atoms with van der Waals surface area (Å²) in [5, 5.41) is 2.80. The second-order valence-corrected chi connectivity index (χ2v) is 10.0. The summed E-state index contributed by atoms with van der Waals surface area (Å²) in [6.45, 7) is 1.95. The third kappa shape index (κ3) is 6.06. The van der Waals surface area contributed by atoms with E-state index in [9.17, 15) is 18.0 Å². The molecule has 1 saturated heterocycles. The van der Waals surface area contributed by atoms with Crippen molar-refractivity contribution in [3.8, 4) is 11.5 Å². The van der Waals surface area contributed by atoms with E-state index in [1.165, 1.54) is 12.1 Å². The van der Waals surface area contributed by atoms with Gasteiger partial charge in [-0.25, -0.2) is 13.1 Å². The molecular weight excluding hydrogens is 458 g/mol. The van der Waals surface area contributed by atoms with Gasteiger partial charge < -0.3 is 19.7 Å². The van der Waals surface area contributed by atoms with Crippen LogP contribution in [0.25, 0.3) is 0 Å². The van der Waals surface area contributed by atoms with Crippen LogP contribution in [0.3, 0.4) is 0 Å². The second kappa shape index (κ2) is 10.9. The van der Waals surface area contributed by atoms with E-state index in [1.807, 2.05) is 24.3 Å². The zero-order chi connectivity index (χ0) is 24.0. The lowest BCUT2D eigenvalue weighted by Gasteiger charge is -2.27. The number of sulfonamides is 1. The summed E-state index contributed by atoms with van der Waals surface area (Å²) in [6.07, 6.45) is 3.18. The molecule has 2 amide bonds. The van der Waals surface area contributed by atoms with Crippen LogP contribution in [0.15, 0.2) is 47.4 Å². The molecule has 1 fully saturated rings. The summed E-state index contributed by atoms with van der Waals surface area (Å²) >= 11 is 0. The zero-order valence-corrected chi connectivity index (χ0v) is 19.7. The molecule has 2 aromatic carbocycles. The minimum atomic E-state index is -3.79. The van der Waals surface area contributed by atoms with Crippen LogP contribution in [0.4, 0.5) is 5.69 Å². The van der Waals surface area contributed by atoms with Gasteiger partial charge >= 0.3 is 0 Å². The monoisotopic (exact) mass is 487 g/mol. The van der Waals surface area contributed by atoms with Gasteiger partial charge in [0.15, 0.2) is 11.5 Å². The number of piperidine rings is 1. The zero-order valence-electron chi connectivity index (χ0n) is 18.9. The summed E-state index contributed by atoms with van der Waals surface area (Å²) in [5.74, 6) is 0.755. The number of nitrogens with one attached hydrogen (secondary N) is 2. The van der Waals surface area contributed by atoms with Gasteiger partial charge in [-0.05, 0) is 42.7 Å². The van der Waals surface area contributed by atoms with Gasteiger partial charge in [0, 0.05) is 50.7 Å². The lowest BCUT2D eigenvalue weighted by atomic mass is 10.1. The van der Waals surface area contributed by atoms with Crippen LogP contribution in [-0.4, -0.2) is 46.5 Å². The Morgan fingerprint density at radius 2 is 1.82 bits per heavy atom. The molecule has 0 saturated carbocycles. The molecule has 2 aliphatic heterocycles. The number of carbonyl (C=O) groups is 2. The molecule has 4 rings (SSSR count). The minimum Gasteiger partial charge on any atom is -0.490 e. The summed E-state index contributed by atoms with van der Waals surface area (Å²) in [5.41, 5.74) is 1.70. The van der Waals surface area contributed by atoms with E-state index < -0.39 is 10.0 Å². The number of anilines is 1. The molecule has 10 heteroatoms. The molecular formula is C24H29N3O6S. The predicted molar refractivity (Wildman–Crippen MR) is 126 cm³/mol. The number of nitrogens with zero attached hydrogens (tertiary/aromatic N) is 1. The van der Waals surface area contributed by atoms with Crippen LogP contribution in [0.5, 0.6) is 11.5 Å². The van der Waals surface area contributed by atoms with Crippen molar-refractivity contribution in [2.45, 2.75) is 43.5 Å². The first kappa shape index (κ1) is 24.0. The van der Waals surface area contributed by atoms with Gasteiger partial charge in [-0.15, -0.1) is 0 Å². The van der Waals surface area contributed by atoms with Gasteiger partial charge in [-0.3, -0.25) is 9.59 Å². The molecule has 0 aromatic heterocycles. The van der Waals surface area contributed by atoms with E-state index in [4.69, 9.17) is 9.47 Å². The molecule has 0 atom stereocenters. The van der Waals surface area contributed by atoms with E-state index in [0.29, 0.717) is 44.2 Å². The van der Waals surface area contributed by atoms with Crippen molar-refractivity contribution in [1.82, 2.24) is 10.0 Å². The number of benzene rings is 2. The number of hydrogen-bond acceptors (Lipinski definition) is 6. The van der Waals surface area contributed by atoms with Gasteiger partial charge in [-0.2, -0.15) is 0 Å². The second-order valence-electron chi connectivity index (χ2n) is 8.26. The van der Waals surface area contributed by atoms with E-state index in [1.54, 1.807) is 11.0 Å². The summed E-state index contributed by atoms with van der Waals surface area (Å²) in [6, 6.07) is 12.0. The van der Waals surface area contributed by atoms with Gasteiger partial charge in [-0.1, -0.05) is 12.1 Å². The molecule has 2 N–H and O–H groups in total. The van der Waals surface area contributed by atoms with Crippen molar-refractivity contribution < 1.29 is 27.5 Å². The van der Waals surface area contributed by atoms with Crippen LogP contribution in [0, 0.1) is 0 Å². The average molecular weight is 488 g/mol. The lowest BCUT2D eigenvalue weighted by Crippen LogP contribution is -2.35. The average Bonchev–Trinajstić information content (AvgIpc) is 3.08. The van der Waals surface area contributed by atoms with Crippen LogP contribution >= 0.6 is 0 Å². The molecule has 0 aliphatic carbocycles. The number of hydrogen-bond donors (Lipinski definition) is 2. The Balaban J connectivity index is 1.26. The predicted octanol–water partition coefficient (Wildman–Crippen LogP) is 2.35. The molecule has 182 valence electrons. The van der Waals surface area contributed by atoms with E-state index in [-0.39, 0.29) is 29.7 Å². The normalized spacial score (nSPS) is 16.1. The SMILES string of the molecule is O=C(CCNS(=O)(=O)c1ccc2c(c1)OCCCO2)NCc1cccc(N2CCCCC2=O)c1. The number of ether oxygens (including phenoxy) is 2. The smallest absolute Gasteiger partial charge is 0.240 e. The van der Waals surface area contributed by atoms with Crippen LogP contribution < -0.4 is 24.4 Å². The quantitative estimate of drug-likeness (QED) is 0.591. The fraction of sp³-hybridized carbons (Fsp3) is 0.417. The molecule has 9 nitrogen and oxygen atoms in total. The van der Waals surface area contributed by atoms with E-state index in [0.717, 1.165) is 30.5 Å². The molecule has 0 radical (unpaired) electrons. The van der Waals surface area contributed by atoms with E-state index in [2.05, 4.69) is 10.0 Å². The maximum absolute atomic E-state index is 12.6. The Hall–Kier alpha value is -3.11. The van der Waals surface area contributed by atoms with Crippen LogP contribution in [-0.2, 0) is 26.2 Å². The maximum Gasteiger partial charge on any atom is 0.240 e. The fourth-order valence-electron chi connectivity index (χ4n) is 3.90.